The van der Waals surface area contributed by atoms with Crippen LogP contribution in [0.25, 0.3) is 0 Å². The van der Waals surface area contributed by atoms with Crippen molar-refractivity contribution in [1.82, 2.24) is 5.32 Å². The van der Waals surface area contributed by atoms with Crippen LogP contribution in [-0.4, -0.2) is 12.5 Å². The van der Waals surface area contributed by atoms with E-state index in [9.17, 15) is 9.18 Å². The molecule has 0 aliphatic heterocycles. The predicted molar refractivity (Wildman–Crippen MR) is 77.4 cm³/mol. The number of anilines is 1. The van der Waals surface area contributed by atoms with E-state index < -0.39 is 5.82 Å². The molecule has 5 heteroatoms. The Balaban J connectivity index is 2.02. The maximum Gasteiger partial charge on any atom is 0.252 e. The third-order valence-electron chi connectivity index (χ3n) is 3.89. The number of hydrogen-bond acceptors (Lipinski definition) is 2. The van der Waals surface area contributed by atoms with Gasteiger partial charge in [-0.15, -0.1) is 0 Å². The minimum absolute atomic E-state index is 0.0115. The van der Waals surface area contributed by atoms with Gasteiger partial charge < -0.3 is 11.1 Å². The van der Waals surface area contributed by atoms with Gasteiger partial charge in [0.1, 0.15) is 5.82 Å². The van der Waals surface area contributed by atoms with Crippen molar-refractivity contribution in [2.75, 3.05) is 12.3 Å². The van der Waals surface area contributed by atoms with Gasteiger partial charge in [0.25, 0.3) is 5.91 Å². The number of halogens is 2. The first-order valence-electron chi connectivity index (χ1n) is 6.51. The van der Waals surface area contributed by atoms with Crippen LogP contribution in [0, 0.1) is 17.7 Å². The lowest BCUT2D eigenvalue weighted by Crippen LogP contribution is -2.30. The van der Waals surface area contributed by atoms with Crippen LogP contribution in [0.1, 0.15) is 36.5 Å². The average Bonchev–Trinajstić information content (AvgIpc) is 2.76. The van der Waals surface area contributed by atoms with Gasteiger partial charge in [-0.1, -0.05) is 19.8 Å². The minimum Gasteiger partial charge on any atom is -0.396 e. The van der Waals surface area contributed by atoms with Crippen molar-refractivity contribution in [3.05, 3.63) is 28.0 Å². The number of carbonyl (C=O) groups excluding carboxylic acids is 1. The van der Waals surface area contributed by atoms with Crippen LogP contribution >= 0.6 is 15.9 Å². The number of carbonyl (C=O) groups is 1. The highest BCUT2D eigenvalue weighted by Gasteiger charge is 2.24. The first-order chi connectivity index (χ1) is 8.99. The lowest BCUT2D eigenvalue weighted by atomic mass is 9.98. The van der Waals surface area contributed by atoms with Crippen LogP contribution in [-0.2, 0) is 0 Å². The van der Waals surface area contributed by atoms with E-state index in [0.717, 1.165) is 6.42 Å². The van der Waals surface area contributed by atoms with Gasteiger partial charge in [-0.2, -0.15) is 0 Å². The van der Waals surface area contributed by atoms with Crippen molar-refractivity contribution < 1.29 is 9.18 Å². The van der Waals surface area contributed by atoms with Crippen LogP contribution in [0.5, 0.6) is 0 Å². The fourth-order valence-corrected chi connectivity index (χ4v) is 3.08. The van der Waals surface area contributed by atoms with Crippen LogP contribution in [0.3, 0.4) is 0 Å². The standard InChI is InChI=1S/C14H18BrFN2O/c1-8-3-2-4-9(8)7-18-14(19)10-5-13(17)12(16)6-11(10)15/h5-6,8-9H,2-4,7,17H2,1H3,(H,18,19). The molecule has 1 aromatic carbocycles. The van der Waals surface area contributed by atoms with E-state index in [0.29, 0.717) is 28.4 Å². The van der Waals surface area contributed by atoms with Crippen molar-refractivity contribution >= 4 is 27.5 Å². The van der Waals surface area contributed by atoms with E-state index in [4.69, 9.17) is 5.73 Å². The maximum atomic E-state index is 13.2. The molecular weight excluding hydrogens is 311 g/mol. The van der Waals surface area contributed by atoms with Gasteiger partial charge in [0.15, 0.2) is 0 Å². The van der Waals surface area contributed by atoms with Crippen LogP contribution < -0.4 is 11.1 Å². The molecule has 1 aromatic rings. The van der Waals surface area contributed by atoms with E-state index in [1.807, 2.05) is 0 Å². The molecule has 19 heavy (non-hydrogen) atoms. The lowest BCUT2D eigenvalue weighted by Gasteiger charge is -2.16. The molecule has 1 fully saturated rings. The summed E-state index contributed by atoms with van der Waals surface area (Å²) in [5, 5.41) is 2.91. The summed E-state index contributed by atoms with van der Waals surface area (Å²) >= 11 is 3.19. The van der Waals surface area contributed by atoms with Crippen molar-refractivity contribution in [3.63, 3.8) is 0 Å². The zero-order valence-corrected chi connectivity index (χ0v) is 12.5. The SMILES string of the molecule is CC1CCCC1CNC(=O)c1cc(N)c(F)cc1Br. The summed E-state index contributed by atoms with van der Waals surface area (Å²) in [6.45, 7) is 2.89. The Morgan fingerprint density at radius 3 is 2.89 bits per heavy atom. The van der Waals surface area contributed by atoms with Crippen molar-refractivity contribution in [2.45, 2.75) is 26.2 Å². The van der Waals surface area contributed by atoms with Gasteiger partial charge in [-0.05, 0) is 46.3 Å². The monoisotopic (exact) mass is 328 g/mol. The molecule has 0 heterocycles. The molecule has 0 bridgehead atoms. The zero-order valence-electron chi connectivity index (χ0n) is 10.9. The van der Waals surface area contributed by atoms with E-state index in [1.54, 1.807) is 0 Å². The summed E-state index contributed by atoms with van der Waals surface area (Å²) in [6, 6.07) is 2.59. The van der Waals surface area contributed by atoms with Crippen LogP contribution in [0.2, 0.25) is 0 Å². The topological polar surface area (TPSA) is 55.1 Å². The molecule has 0 saturated heterocycles. The lowest BCUT2D eigenvalue weighted by molar-refractivity contribution is 0.0944. The molecule has 0 aromatic heterocycles. The van der Waals surface area contributed by atoms with E-state index in [2.05, 4.69) is 28.2 Å². The highest BCUT2D eigenvalue weighted by molar-refractivity contribution is 9.10. The quantitative estimate of drug-likeness (QED) is 0.836. The summed E-state index contributed by atoms with van der Waals surface area (Å²) in [4.78, 5) is 12.1. The smallest absolute Gasteiger partial charge is 0.252 e. The molecule has 1 amide bonds. The molecule has 0 spiro atoms. The second kappa shape index (κ2) is 5.90. The Kier molecular flexibility index (Phi) is 4.45. The molecule has 3 nitrogen and oxygen atoms in total. The Hall–Kier alpha value is -1.10. The van der Waals surface area contributed by atoms with Gasteiger partial charge >= 0.3 is 0 Å². The number of hydrogen-bond donors (Lipinski definition) is 2. The Labute approximate surface area is 120 Å². The highest BCUT2D eigenvalue weighted by atomic mass is 79.9. The number of rotatable bonds is 3. The van der Waals surface area contributed by atoms with Gasteiger partial charge in [-0.3, -0.25) is 4.79 Å². The zero-order chi connectivity index (χ0) is 14.0. The molecule has 0 radical (unpaired) electrons. The molecule has 1 aliphatic carbocycles. The van der Waals surface area contributed by atoms with Gasteiger partial charge in [0.2, 0.25) is 0 Å². The second-order valence-corrected chi connectivity index (χ2v) is 6.09. The summed E-state index contributed by atoms with van der Waals surface area (Å²) in [5.74, 6) is 0.466. The van der Waals surface area contributed by atoms with Crippen LogP contribution in [0.4, 0.5) is 10.1 Å². The van der Waals surface area contributed by atoms with Crippen molar-refractivity contribution in [3.8, 4) is 0 Å². The molecule has 2 rings (SSSR count). The first kappa shape index (κ1) is 14.3. The molecule has 104 valence electrons. The number of nitrogens with two attached hydrogens (primary N) is 1. The van der Waals surface area contributed by atoms with Crippen molar-refractivity contribution in [1.29, 1.82) is 0 Å². The molecule has 2 unspecified atom stereocenters. The van der Waals surface area contributed by atoms with E-state index in [-0.39, 0.29) is 11.6 Å². The number of benzene rings is 1. The Morgan fingerprint density at radius 2 is 2.26 bits per heavy atom. The van der Waals surface area contributed by atoms with Gasteiger partial charge in [-0.25, -0.2) is 4.39 Å². The van der Waals surface area contributed by atoms with Crippen LogP contribution in [0.15, 0.2) is 16.6 Å². The fraction of sp³-hybridized carbons (Fsp3) is 0.500. The molecule has 1 aliphatic rings. The average molecular weight is 329 g/mol. The predicted octanol–water partition coefficient (Wildman–Crippen LogP) is 3.34. The van der Waals surface area contributed by atoms with Crippen molar-refractivity contribution in [2.24, 2.45) is 11.8 Å². The number of nitrogen functional groups attached to an aromatic ring is 1. The largest absolute Gasteiger partial charge is 0.396 e. The fourth-order valence-electron chi connectivity index (χ4n) is 2.58. The summed E-state index contributed by atoms with van der Waals surface area (Å²) in [7, 11) is 0. The second-order valence-electron chi connectivity index (χ2n) is 5.23. The van der Waals surface area contributed by atoms with E-state index in [1.165, 1.54) is 25.0 Å². The normalized spacial score (nSPS) is 22.5. The molecular formula is C14H18BrFN2O. The highest BCUT2D eigenvalue weighted by Crippen LogP contribution is 2.30. The molecule has 3 N–H and O–H groups in total. The first-order valence-corrected chi connectivity index (χ1v) is 7.31. The van der Waals surface area contributed by atoms with Gasteiger partial charge in [0.05, 0.1) is 11.3 Å². The number of amides is 1. The third-order valence-corrected chi connectivity index (χ3v) is 4.55. The summed E-state index contributed by atoms with van der Waals surface area (Å²) in [5.41, 5.74) is 5.86. The number of nitrogens with one attached hydrogen (secondary N) is 1. The summed E-state index contributed by atoms with van der Waals surface area (Å²) in [6.07, 6.45) is 3.62. The minimum atomic E-state index is -0.521. The van der Waals surface area contributed by atoms with Gasteiger partial charge in [0, 0.05) is 11.0 Å². The Bertz CT molecular complexity index is 493. The van der Waals surface area contributed by atoms with E-state index >= 15 is 0 Å². The molecule has 1 saturated carbocycles. The Morgan fingerprint density at radius 1 is 1.53 bits per heavy atom. The third kappa shape index (κ3) is 3.26. The summed E-state index contributed by atoms with van der Waals surface area (Å²) < 4.78 is 13.6. The maximum absolute atomic E-state index is 13.2. The molecule has 2 atom stereocenters.